The quantitative estimate of drug-likeness (QED) is 0.626. The van der Waals surface area contributed by atoms with Crippen LogP contribution in [-0.4, -0.2) is 39.8 Å². The molecule has 0 amide bonds. The van der Waals surface area contributed by atoms with E-state index in [0.29, 0.717) is 6.54 Å². The van der Waals surface area contributed by atoms with E-state index in [-0.39, 0.29) is 19.0 Å². The van der Waals surface area contributed by atoms with Crippen molar-refractivity contribution >= 4 is 28.2 Å². The Kier molecular flexibility index (Phi) is 7.84. The van der Waals surface area contributed by atoms with Crippen molar-refractivity contribution in [1.82, 2.24) is 0 Å². The largest absolute Gasteiger partial charge is 0.449 e. The highest BCUT2D eigenvalue weighted by Crippen LogP contribution is 2.19. The topological polar surface area (TPSA) is 76.1 Å². The van der Waals surface area contributed by atoms with Crippen LogP contribution in [0.2, 0.25) is 0 Å². The lowest BCUT2D eigenvalue weighted by atomic mass is 10.1. The van der Waals surface area contributed by atoms with E-state index in [1.54, 1.807) is 31.2 Å². The van der Waals surface area contributed by atoms with Gasteiger partial charge in [-0.05, 0) is 49.2 Å². The maximum atomic E-state index is 11.5. The summed E-state index contributed by atoms with van der Waals surface area (Å²) >= 11 is 0. The van der Waals surface area contributed by atoms with Gasteiger partial charge in [-0.1, -0.05) is 36.4 Å². The second-order valence-corrected chi connectivity index (χ2v) is 6.91. The van der Waals surface area contributed by atoms with Gasteiger partial charge in [-0.3, -0.25) is 0 Å². The maximum Gasteiger partial charge on any atom is 0.449 e. The van der Waals surface area contributed by atoms with E-state index in [0.717, 1.165) is 23.4 Å². The summed E-state index contributed by atoms with van der Waals surface area (Å²) in [6.07, 6.45) is 3.90. The normalized spacial score (nSPS) is 11.7. The summed E-state index contributed by atoms with van der Waals surface area (Å²) in [5, 5.41) is 9.10. The molecule has 0 saturated heterocycles. The van der Waals surface area contributed by atoms with E-state index in [9.17, 15) is 8.42 Å². The maximum absolute atomic E-state index is 11.5. The molecule has 0 saturated carbocycles. The monoisotopic (exact) mass is 391 g/mol. The zero-order valence-electron chi connectivity index (χ0n) is 15.5. The van der Waals surface area contributed by atoms with Crippen molar-refractivity contribution in [3.05, 3.63) is 59.7 Å². The van der Waals surface area contributed by atoms with Crippen LogP contribution in [0.3, 0.4) is 0 Å². The predicted molar refractivity (Wildman–Crippen MR) is 108 cm³/mol. The van der Waals surface area contributed by atoms with Crippen LogP contribution in [0.1, 0.15) is 25.0 Å². The molecular formula is C20H25NO5S. The number of hydrogen-bond acceptors (Lipinski definition) is 6. The number of rotatable bonds is 10. The second-order valence-electron chi connectivity index (χ2n) is 5.70. The third-order valence-electron chi connectivity index (χ3n) is 3.82. The molecule has 0 fully saturated rings. The van der Waals surface area contributed by atoms with Crippen molar-refractivity contribution < 1.29 is 21.9 Å². The molecule has 0 atom stereocenters. The third kappa shape index (κ3) is 6.71. The number of anilines is 1. The van der Waals surface area contributed by atoms with Gasteiger partial charge >= 0.3 is 10.4 Å². The van der Waals surface area contributed by atoms with Crippen LogP contribution in [0.25, 0.3) is 12.2 Å². The number of benzene rings is 2. The van der Waals surface area contributed by atoms with E-state index in [1.807, 2.05) is 36.4 Å². The first-order valence-electron chi connectivity index (χ1n) is 8.80. The Morgan fingerprint density at radius 1 is 0.963 bits per heavy atom. The Hall–Kier alpha value is -2.35. The molecule has 0 aromatic heterocycles. The molecule has 7 heteroatoms. The van der Waals surface area contributed by atoms with Crippen LogP contribution in [0.5, 0.6) is 5.75 Å². The minimum absolute atomic E-state index is 0.0258. The highest BCUT2D eigenvalue weighted by atomic mass is 32.3. The Bertz CT molecular complexity index is 830. The average Bonchev–Trinajstić information content (AvgIpc) is 2.66. The summed E-state index contributed by atoms with van der Waals surface area (Å²) in [5.41, 5.74) is 3.02. The second kappa shape index (κ2) is 10.1. The van der Waals surface area contributed by atoms with Gasteiger partial charge in [-0.2, -0.15) is 8.42 Å². The van der Waals surface area contributed by atoms with Crippen molar-refractivity contribution in [3.63, 3.8) is 0 Å². The zero-order valence-corrected chi connectivity index (χ0v) is 16.4. The first kappa shape index (κ1) is 21.0. The van der Waals surface area contributed by atoms with E-state index < -0.39 is 10.4 Å². The van der Waals surface area contributed by atoms with Gasteiger partial charge in [-0.15, -0.1) is 0 Å². The van der Waals surface area contributed by atoms with Crippen molar-refractivity contribution in [3.8, 4) is 5.75 Å². The molecule has 0 bridgehead atoms. The minimum atomic E-state index is -4.01. The fraction of sp³-hybridized carbons (Fsp3) is 0.300. The van der Waals surface area contributed by atoms with E-state index in [4.69, 9.17) is 9.29 Å². The van der Waals surface area contributed by atoms with Crippen molar-refractivity contribution in [2.75, 3.05) is 31.2 Å². The highest BCUT2D eigenvalue weighted by molar-refractivity contribution is 7.82. The number of nitrogens with zero attached hydrogens (tertiary/aromatic N) is 1. The van der Waals surface area contributed by atoms with Crippen LogP contribution in [0, 0.1) is 0 Å². The lowest BCUT2D eigenvalue weighted by molar-refractivity contribution is 0.288. The van der Waals surface area contributed by atoms with Crippen LogP contribution in [0.4, 0.5) is 5.69 Å². The Morgan fingerprint density at radius 3 is 2.00 bits per heavy atom. The molecule has 0 aliphatic heterocycles. The summed E-state index contributed by atoms with van der Waals surface area (Å²) in [6.45, 7) is 5.23. The van der Waals surface area contributed by atoms with Crippen LogP contribution in [0.15, 0.2) is 48.5 Å². The third-order valence-corrected chi connectivity index (χ3v) is 4.74. The van der Waals surface area contributed by atoms with Gasteiger partial charge in [0.2, 0.25) is 0 Å². The molecule has 1 N–H and O–H groups in total. The highest BCUT2D eigenvalue weighted by Gasteiger charge is 2.11. The Morgan fingerprint density at radius 2 is 1.52 bits per heavy atom. The smallest absolute Gasteiger partial charge is 0.395 e. The van der Waals surface area contributed by atoms with Gasteiger partial charge in [0.05, 0.1) is 13.2 Å². The lowest BCUT2D eigenvalue weighted by Crippen LogP contribution is -2.25. The molecule has 2 rings (SSSR count). The zero-order chi connectivity index (χ0) is 19.7. The van der Waals surface area contributed by atoms with Gasteiger partial charge < -0.3 is 14.2 Å². The number of likely N-dealkylation sites (N-methyl/N-ethyl adjacent to an activating group) is 1. The van der Waals surface area contributed by atoms with Crippen molar-refractivity contribution in [2.24, 2.45) is 0 Å². The van der Waals surface area contributed by atoms with Crippen LogP contribution >= 0.6 is 0 Å². The first-order valence-corrected chi connectivity index (χ1v) is 10.1. The van der Waals surface area contributed by atoms with Gasteiger partial charge in [0, 0.05) is 18.8 Å². The fourth-order valence-electron chi connectivity index (χ4n) is 2.50. The van der Waals surface area contributed by atoms with Crippen molar-refractivity contribution in [1.29, 1.82) is 0 Å². The fourth-order valence-corrected chi connectivity index (χ4v) is 3.18. The van der Waals surface area contributed by atoms with E-state index in [1.165, 1.54) is 0 Å². The van der Waals surface area contributed by atoms with Crippen LogP contribution < -0.4 is 9.08 Å². The Labute approximate surface area is 161 Å². The summed E-state index contributed by atoms with van der Waals surface area (Å²) in [4.78, 5) is 2.10. The SMILES string of the molecule is CCOS(=O)(=O)Oc1ccc(/C=C/c2ccc(N(CC)CCO)cc2)cc1. The molecule has 0 spiro atoms. The molecule has 0 radical (unpaired) electrons. The Balaban J connectivity index is 2.01. The summed E-state index contributed by atoms with van der Waals surface area (Å²) < 4.78 is 32.3. The first-order chi connectivity index (χ1) is 13.0. The molecule has 27 heavy (non-hydrogen) atoms. The van der Waals surface area contributed by atoms with Gasteiger partial charge in [0.15, 0.2) is 0 Å². The molecule has 0 unspecified atom stereocenters. The average molecular weight is 391 g/mol. The van der Waals surface area contributed by atoms with Gasteiger partial charge in [0.25, 0.3) is 0 Å². The molecule has 6 nitrogen and oxygen atoms in total. The van der Waals surface area contributed by atoms with Crippen molar-refractivity contribution in [2.45, 2.75) is 13.8 Å². The van der Waals surface area contributed by atoms with E-state index >= 15 is 0 Å². The minimum Gasteiger partial charge on any atom is -0.395 e. The number of aliphatic hydroxyl groups excluding tert-OH is 1. The lowest BCUT2D eigenvalue weighted by Gasteiger charge is -2.21. The van der Waals surface area contributed by atoms with Gasteiger partial charge in [0.1, 0.15) is 5.75 Å². The summed E-state index contributed by atoms with van der Waals surface area (Å²) in [7, 11) is -4.01. The summed E-state index contributed by atoms with van der Waals surface area (Å²) in [5.74, 6) is 0.202. The predicted octanol–water partition coefficient (Wildman–Crippen LogP) is 3.34. The molecule has 0 heterocycles. The molecular weight excluding hydrogens is 366 g/mol. The molecule has 2 aromatic rings. The molecule has 0 aliphatic rings. The molecule has 0 aliphatic carbocycles. The number of hydrogen-bond donors (Lipinski definition) is 1. The van der Waals surface area contributed by atoms with Crippen LogP contribution in [-0.2, 0) is 14.6 Å². The van der Waals surface area contributed by atoms with E-state index in [2.05, 4.69) is 16.0 Å². The standard InChI is InChI=1S/C20H25NO5S/c1-3-21(15-16-22)19-11-7-17(8-12-19)5-6-18-9-13-20(14-10-18)26-27(23,24)25-4-2/h5-14,22H,3-4,15-16H2,1-2H3/b6-5+. The van der Waals surface area contributed by atoms with Gasteiger partial charge in [-0.25, -0.2) is 4.18 Å². The summed E-state index contributed by atoms with van der Waals surface area (Å²) in [6, 6.07) is 14.8. The molecule has 146 valence electrons. The molecule has 2 aromatic carbocycles. The number of aliphatic hydroxyl groups is 1.